The third-order valence-electron chi connectivity index (χ3n) is 5.84. The van der Waals surface area contributed by atoms with Crippen molar-refractivity contribution in [1.82, 2.24) is 14.5 Å². The van der Waals surface area contributed by atoms with Crippen molar-refractivity contribution in [3.8, 4) is 0 Å². The lowest BCUT2D eigenvalue weighted by Gasteiger charge is -2.42. The zero-order valence-corrected chi connectivity index (χ0v) is 18.3. The van der Waals surface area contributed by atoms with Gasteiger partial charge in [-0.3, -0.25) is 0 Å². The standard InChI is InChI=1S/C20H26ClN3O6/c1-9-6-24(17-11(9)16(21)22-8-23-17)18-12(25)14-15(30-20(4,5)29-14)13-10(27-18)7-26-19(2,3)28-13/h6,8,10,12-15,18,25H,7H2,1-5H3/t10?,12?,13-,14?,15-,18+/m0/s1. The van der Waals surface area contributed by atoms with Gasteiger partial charge < -0.3 is 33.4 Å². The summed E-state index contributed by atoms with van der Waals surface area (Å²) < 4.78 is 32.5. The van der Waals surface area contributed by atoms with E-state index in [1.54, 1.807) is 4.57 Å². The fourth-order valence-corrected chi connectivity index (χ4v) is 4.89. The number of aryl methyl sites for hydroxylation is 1. The molecule has 3 aliphatic rings. The van der Waals surface area contributed by atoms with Gasteiger partial charge in [-0.1, -0.05) is 11.6 Å². The molecule has 2 aromatic heterocycles. The van der Waals surface area contributed by atoms with Crippen molar-refractivity contribution < 1.29 is 28.8 Å². The number of fused-ring (bicyclic) bond motifs is 4. The van der Waals surface area contributed by atoms with Crippen LogP contribution >= 0.6 is 11.6 Å². The minimum Gasteiger partial charge on any atom is -0.386 e. The van der Waals surface area contributed by atoms with Crippen LogP contribution in [-0.4, -0.2) is 68.3 Å². The number of rotatable bonds is 1. The highest BCUT2D eigenvalue weighted by Crippen LogP contribution is 2.44. The Bertz CT molecular complexity index is 979. The second-order valence-corrected chi connectivity index (χ2v) is 9.35. The van der Waals surface area contributed by atoms with E-state index in [-0.39, 0.29) is 0 Å². The number of hydrogen-bond donors (Lipinski definition) is 1. The van der Waals surface area contributed by atoms with E-state index in [1.165, 1.54) is 6.33 Å². The molecule has 5 heterocycles. The summed E-state index contributed by atoms with van der Waals surface area (Å²) in [7, 11) is 0. The minimum absolute atomic E-state index is 0.293. The van der Waals surface area contributed by atoms with Crippen molar-refractivity contribution in [3.63, 3.8) is 0 Å². The molecule has 3 unspecified atom stereocenters. The van der Waals surface area contributed by atoms with Crippen LogP contribution in [0.3, 0.4) is 0 Å². The quantitative estimate of drug-likeness (QED) is 0.676. The van der Waals surface area contributed by atoms with Gasteiger partial charge in [-0.25, -0.2) is 9.97 Å². The molecule has 0 aliphatic carbocycles. The van der Waals surface area contributed by atoms with E-state index in [2.05, 4.69) is 9.97 Å². The lowest BCUT2D eigenvalue weighted by Crippen LogP contribution is -2.55. The summed E-state index contributed by atoms with van der Waals surface area (Å²) in [4.78, 5) is 8.46. The number of hydrogen-bond acceptors (Lipinski definition) is 8. The minimum atomic E-state index is -1.04. The Hall–Kier alpha value is -1.33. The van der Waals surface area contributed by atoms with Crippen LogP contribution in [0.25, 0.3) is 11.0 Å². The predicted molar refractivity (Wildman–Crippen MR) is 106 cm³/mol. The van der Waals surface area contributed by atoms with Crippen LogP contribution in [0.1, 0.15) is 39.5 Å². The largest absolute Gasteiger partial charge is 0.386 e. The molecule has 0 spiro atoms. The first kappa shape index (κ1) is 20.6. The Morgan fingerprint density at radius 1 is 1.07 bits per heavy atom. The molecule has 9 nitrogen and oxygen atoms in total. The zero-order chi connectivity index (χ0) is 21.4. The van der Waals surface area contributed by atoms with Crippen LogP contribution in [-0.2, 0) is 23.7 Å². The molecule has 10 heteroatoms. The van der Waals surface area contributed by atoms with E-state index in [0.717, 1.165) is 5.56 Å². The second-order valence-electron chi connectivity index (χ2n) is 9.00. The molecule has 3 saturated heterocycles. The highest BCUT2D eigenvalue weighted by molar-refractivity contribution is 6.34. The molecular weight excluding hydrogens is 414 g/mol. The normalized spacial score (nSPS) is 37.6. The van der Waals surface area contributed by atoms with E-state index in [4.69, 9.17) is 35.3 Å². The van der Waals surface area contributed by atoms with Crippen LogP contribution in [0, 0.1) is 6.92 Å². The first-order chi connectivity index (χ1) is 14.1. The molecule has 5 rings (SSSR count). The van der Waals surface area contributed by atoms with Crippen LogP contribution < -0.4 is 0 Å². The highest BCUT2D eigenvalue weighted by atomic mass is 35.5. The second kappa shape index (κ2) is 6.83. The molecule has 0 bridgehead atoms. The van der Waals surface area contributed by atoms with Gasteiger partial charge in [-0.05, 0) is 40.2 Å². The summed E-state index contributed by atoms with van der Waals surface area (Å²) in [6, 6.07) is 0. The van der Waals surface area contributed by atoms with Crippen molar-refractivity contribution >= 4 is 22.6 Å². The maximum Gasteiger partial charge on any atom is 0.164 e. The van der Waals surface area contributed by atoms with Gasteiger partial charge in [0.25, 0.3) is 0 Å². The van der Waals surface area contributed by atoms with Crippen molar-refractivity contribution in [3.05, 3.63) is 23.2 Å². The van der Waals surface area contributed by atoms with Gasteiger partial charge in [0.05, 0.1) is 12.0 Å². The first-order valence-electron chi connectivity index (χ1n) is 10.0. The van der Waals surface area contributed by atoms with Gasteiger partial charge in [-0.15, -0.1) is 0 Å². The van der Waals surface area contributed by atoms with Crippen molar-refractivity contribution in [2.45, 2.75) is 82.9 Å². The third-order valence-corrected chi connectivity index (χ3v) is 6.13. The zero-order valence-electron chi connectivity index (χ0n) is 17.5. The van der Waals surface area contributed by atoms with Gasteiger partial charge in [0, 0.05) is 6.20 Å². The average molecular weight is 440 g/mol. The van der Waals surface area contributed by atoms with Crippen molar-refractivity contribution in [2.24, 2.45) is 0 Å². The smallest absolute Gasteiger partial charge is 0.164 e. The third kappa shape index (κ3) is 3.24. The van der Waals surface area contributed by atoms with Crippen LogP contribution in [0.2, 0.25) is 5.15 Å². The Labute approximate surface area is 179 Å². The molecule has 1 N–H and O–H groups in total. The van der Waals surface area contributed by atoms with Crippen molar-refractivity contribution in [2.75, 3.05) is 6.61 Å². The Kier molecular flexibility index (Phi) is 4.68. The molecule has 0 saturated carbocycles. The lowest BCUT2D eigenvalue weighted by atomic mass is 9.99. The number of aliphatic hydroxyl groups excluding tert-OH is 1. The van der Waals surface area contributed by atoms with E-state index in [1.807, 2.05) is 40.8 Å². The molecule has 3 aliphatic heterocycles. The molecule has 30 heavy (non-hydrogen) atoms. The fraction of sp³-hybridized carbons (Fsp3) is 0.700. The number of aromatic nitrogens is 3. The molecule has 0 amide bonds. The number of ether oxygens (including phenoxy) is 5. The lowest BCUT2D eigenvalue weighted by molar-refractivity contribution is -0.332. The first-order valence-corrected chi connectivity index (χ1v) is 10.4. The highest BCUT2D eigenvalue weighted by Gasteiger charge is 2.58. The van der Waals surface area contributed by atoms with E-state index in [0.29, 0.717) is 22.8 Å². The van der Waals surface area contributed by atoms with E-state index < -0.39 is 48.3 Å². The van der Waals surface area contributed by atoms with Crippen LogP contribution in [0.15, 0.2) is 12.5 Å². The summed E-state index contributed by atoms with van der Waals surface area (Å²) >= 11 is 6.30. The number of aliphatic hydroxyl groups is 1. The maximum absolute atomic E-state index is 11.4. The Morgan fingerprint density at radius 3 is 2.53 bits per heavy atom. The average Bonchev–Trinajstić information content (AvgIpc) is 3.14. The summed E-state index contributed by atoms with van der Waals surface area (Å²) in [6.45, 7) is 9.55. The van der Waals surface area contributed by atoms with Crippen LogP contribution in [0.4, 0.5) is 0 Å². The molecule has 0 aromatic carbocycles. The molecule has 6 atom stereocenters. The van der Waals surface area contributed by atoms with Gasteiger partial charge in [0.15, 0.2) is 17.8 Å². The summed E-state index contributed by atoms with van der Waals surface area (Å²) in [5.74, 6) is -1.66. The topological polar surface area (TPSA) is 97.1 Å². The molecule has 0 radical (unpaired) electrons. The summed E-state index contributed by atoms with van der Waals surface area (Å²) in [5.41, 5.74) is 1.45. The van der Waals surface area contributed by atoms with Crippen LogP contribution in [0.5, 0.6) is 0 Å². The van der Waals surface area contributed by atoms with Crippen molar-refractivity contribution in [1.29, 1.82) is 0 Å². The maximum atomic E-state index is 11.4. The monoisotopic (exact) mass is 439 g/mol. The Balaban J connectivity index is 1.60. The summed E-state index contributed by atoms with van der Waals surface area (Å²) in [5, 5.41) is 12.5. The van der Waals surface area contributed by atoms with Gasteiger partial charge in [-0.2, -0.15) is 0 Å². The molecule has 2 aromatic rings. The van der Waals surface area contributed by atoms with Gasteiger partial charge >= 0.3 is 0 Å². The SMILES string of the molecule is Cc1cn([C@@H]2OC3COC(C)(C)O[C@@H]3[C@@H]3OC(C)(C)OC3C2O)c2ncnc(Cl)c12. The molecule has 3 fully saturated rings. The van der Waals surface area contributed by atoms with Gasteiger partial charge in [0.1, 0.15) is 47.6 Å². The molecular formula is C20H26ClN3O6. The van der Waals surface area contributed by atoms with E-state index in [9.17, 15) is 5.11 Å². The molecule has 164 valence electrons. The predicted octanol–water partition coefficient (Wildman–Crippen LogP) is 2.32. The fourth-order valence-electron chi connectivity index (χ4n) is 4.62. The Morgan fingerprint density at radius 2 is 1.77 bits per heavy atom. The number of nitrogens with zero attached hydrogens (tertiary/aromatic N) is 3. The van der Waals surface area contributed by atoms with Gasteiger partial charge in [0.2, 0.25) is 0 Å². The number of halogens is 1. The summed E-state index contributed by atoms with van der Waals surface area (Å²) in [6.07, 6.45) is -0.731. The van der Waals surface area contributed by atoms with E-state index >= 15 is 0 Å².